The van der Waals surface area contributed by atoms with Gasteiger partial charge in [-0.3, -0.25) is 0 Å². The molecule has 19 heavy (non-hydrogen) atoms. The van der Waals surface area contributed by atoms with Crippen LogP contribution < -0.4 is 5.32 Å². The number of urea groups is 1. The van der Waals surface area contributed by atoms with Gasteiger partial charge >= 0.3 is 6.03 Å². The van der Waals surface area contributed by atoms with Gasteiger partial charge in [0.05, 0.1) is 10.9 Å². The van der Waals surface area contributed by atoms with Crippen molar-refractivity contribution in [1.82, 2.24) is 10.2 Å². The van der Waals surface area contributed by atoms with Gasteiger partial charge in [-0.25, -0.2) is 4.79 Å². The van der Waals surface area contributed by atoms with Crippen LogP contribution in [-0.4, -0.2) is 24.0 Å². The quantitative estimate of drug-likeness (QED) is 0.894. The highest BCUT2D eigenvalue weighted by Gasteiger charge is 2.24. The zero-order chi connectivity index (χ0) is 13.8. The largest absolute Gasteiger partial charge is 0.335 e. The fourth-order valence-electron chi connectivity index (χ4n) is 2.54. The molecular formula is C14H21ClN2OS. The number of halogens is 1. The Labute approximate surface area is 123 Å². The van der Waals surface area contributed by atoms with E-state index in [1.54, 1.807) is 4.90 Å². The monoisotopic (exact) mass is 300 g/mol. The van der Waals surface area contributed by atoms with Crippen LogP contribution in [0.3, 0.4) is 0 Å². The van der Waals surface area contributed by atoms with Gasteiger partial charge in [0, 0.05) is 18.0 Å². The smallest absolute Gasteiger partial charge is 0.317 e. The maximum atomic E-state index is 12.2. The molecule has 106 valence electrons. The summed E-state index contributed by atoms with van der Waals surface area (Å²) in [6, 6.07) is 4.19. The molecule has 0 spiro atoms. The molecule has 1 fully saturated rings. The molecule has 1 aromatic heterocycles. The molecule has 0 aromatic carbocycles. The molecule has 3 nitrogen and oxygen atoms in total. The minimum Gasteiger partial charge on any atom is -0.335 e. The Morgan fingerprint density at radius 2 is 2.21 bits per heavy atom. The summed E-state index contributed by atoms with van der Waals surface area (Å²) < 4.78 is 0.768. The third-order valence-electron chi connectivity index (χ3n) is 3.79. The van der Waals surface area contributed by atoms with Crippen molar-refractivity contribution in [3.8, 4) is 0 Å². The molecular weight excluding hydrogens is 280 g/mol. The van der Waals surface area contributed by atoms with Gasteiger partial charge in [-0.05, 0) is 30.9 Å². The standard InChI is InChI=1S/C14H21ClN2OS/c1-10-5-3-4-6-12(10)16-14(18)17(2)9-11-7-8-13(15)19-11/h7-8,10,12H,3-6,9H2,1-2H3,(H,16,18). The number of rotatable bonds is 3. The van der Waals surface area contributed by atoms with Gasteiger partial charge in [-0.1, -0.05) is 31.4 Å². The van der Waals surface area contributed by atoms with Gasteiger partial charge in [0.1, 0.15) is 0 Å². The molecule has 0 saturated heterocycles. The molecule has 0 aliphatic heterocycles. The summed E-state index contributed by atoms with van der Waals surface area (Å²) in [7, 11) is 1.83. The van der Waals surface area contributed by atoms with Crippen molar-refractivity contribution in [3.05, 3.63) is 21.3 Å². The van der Waals surface area contributed by atoms with E-state index in [9.17, 15) is 4.79 Å². The lowest BCUT2D eigenvalue weighted by atomic mass is 9.86. The van der Waals surface area contributed by atoms with Crippen LogP contribution in [0.15, 0.2) is 12.1 Å². The minimum atomic E-state index is 0.0169. The topological polar surface area (TPSA) is 32.3 Å². The molecule has 1 aliphatic rings. The zero-order valence-electron chi connectivity index (χ0n) is 11.5. The van der Waals surface area contributed by atoms with Crippen molar-refractivity contribution in [2.75, 3.05) is 7.05 Å². The van der Waals surface area contributed by atoms with Gasteiger partial charge < -0.3 is 10.2 Å². The second-order valence-corrected chi connectivity index (χ2v) is 7.18. The van der Waals surface area contributed by atoms with Crippen molar-refractivity contribution in [2.24, 2.45) is 5.92 Å². The Morgan fingerprint density at radius 1 is 1.47 bits per heavy atom. The predicted octanol–water partition coefficient (Wildman–Crippen LogP) is 4.12. The van der Waals surface area contributed by atoms with Crippen molar-refractivity contribution < 1.29 is 4.79 Å². The van der Waals surface area contributed by atoms with E-state index in [0.717, 1.165) is 15.6 Å². The van der Waals surface area contributed by atoms with Crippen molar-refractivity contribution in [3.63, 3.8) is 0 Å². The average molecular weight is 301 g/mol. The van der Waals surface area contributed by atoms with Gasteiger partial charge in [0.2, 0.25) is 0 Å². The van der Waals surface area contributed by atoms with Crippen LogP contribution in [0.25, 0.3) is 0 Å². The molecule has 2 atom stereocenters. The van der Waals surface area contributed by atoms with E-state index in [1.807, 2.05) is 19.2 Å². The highest BCUT2D eigenvalue weighted by molar-refractivity contribution is 7.16. The summed E-state index contributed by atoms with van der Waals surface area (Å²) >= 11 is 7.42. The Kier molecular flexibility index (Phi) is 5.11. The van der Waals surface area contributed by atoms with Crippen molar-refractivity contribution in [2.45, 2.75) is 45.2 Å². The summed E-state index contributed by atoms with van der Waals surface area (Å²) in [5.74, 6) is 0.585. The van der Waals surface area contributed by atoms with Gasteiger partial charge in [0.25, 0.3) is 0 Å². The maximum Gasteiger partial charge on any atom is 0.317 e. The fraction of sp³-hybridized carbons (Fsp3) is 0.643. The van der Waals surface area contributed by atoms with Crippen LogP contribution in [0.1, 0.15) is 37.5 Å². The van der Waals surface area contributed by atoms with Crippen molar-refractivity contribution in [1.29, 1.82) is 0 Å². The van der Waals surface area contributed by atoms with Crippen LogP contribution in [-0.2, 0) is 6.54 Å². The Hall–Kier alpha value is -0.740. The number of carbonyl (C=O) groups excluding carboxylic acids is 1. The first kappa shape index (κ1) is 14.7. The number of amides is 2. The summed E-state index contributed by atoms with van der Waals surface area (Å²) in [6.45, 7) is 2.84. The number of hydrogen-bond acceptors (Lipinski definition) is 2. The van der Waals surface area contributed by atoms with Crippen LogP contribution >= 0.6 is 22.9 Å². The molecule has 1 aromatic rings. The third kappa shape index (κ3) is 4.11. The average Bonchev–Trinajstić information content (AvgIpc) is 2.77. The number of carbonyl (C=O) groups is 1. The van der Waals surface area contributed by atoms with E-state index >= 15 is 0 Å². The fourth-order valence-corrected chi connectivity index (χ4v) is 3.68. The molecule has 1 saturated carbocycles. The highest BCUT2D eigenvalue weighted by atomic mass is 35.5. The van der Waals surface area contributed by atoms with Crippen LogP contribution in [0, 0.1) is 5.92 Å². The Bertz CT molecular complexity index is 435. The maximum absolute atomic E-state index is 12.2. The van der Waals surface area contributed by atoms with E-state index in [4.69, 9.17) is 11.6 Å². The first-order valence-electron chi connectivity index (χ1n) is 6.82. The van der Waals surface area contributed by atoms with Crippen molar-refractivity contribution >= 4 is 29.0 Å². The number of thiophene rings is 1. The summed E-state index contributed by atoms with van der Waals surface area (Å²) in [6.07, 6.45) is 4.83. The third-order valence-corrected chi connectivity index (χ3v) is 5.00. The minimum absolute atomic E-state index is 0.0169. The molecule has 1 heterocycles. The second kappa shape index (κ2) is 6.62. The van der Waals surface area contributed by atoms with E-state index in [1.165, 1.54) is 30.6 Å². The van der Waals surface area contributed by atoms with Gasteiger partial charge in [0.15, 0.2) is 0 Å². The Morgan fingerprint density at radius 3 is 2.84 bits per heavy atom. The Balaban J connectivity index is 1.85. The lowest BCUT2D eigenvalue weighted by Crippen LogP contribution is -2.46. The molecule has 1 N–H and O–H groups in total. The van der Waals surface area contributed by atoms with Gasteiger partial charge in [-0.15, -0.1) is 11.3 Å². The molecule has 1 aliphatic carbocycles. The lowest BCUT2D eigenvalue weighted by molar-refractivity contribution is 0.190. The molecule has 2 unspecified atom stereocenters. The number of nitrogens with zero attached hydrogens (tertiary/aromatic N) is 1. The molecule has 2 amide bonds. The number of hydrogen-bond donors (Lipinski definition) is 1. The first-order valence-corrected chi connectivity index (χ1v) is 8.01. The van der Waals surface area contributed by atoms with Crippen LogP contribution in [0.2, 0.25) is 4.34 Å². The van der Waals surface area contributed by atoms with E-state index < -0.39 is 0 Å². The van der Waals surface area contributed by atoms with Crippen LogP contribution in [0.5, 0.6) is 0 Å². The van der Waals surface area contributed by atoms with Crippen LogP contribution in [0.4, 0.5) is 4.79 Å². The lowest BCUT2D eigenvalue weighted by Gasteiger charge is -2.31. The van der Waals surface area contributed by atoms with E-state index in [2.05, 4.69) is 12.2 Å². The summed E-state index contributed by atoms with van der Waals surface area (Å²) in [5, 5.41) is 3.15. The van der Waals surface area contributed by atoms with E-state index in [-0.39, 0.29) is 6.03 Å². The van der Waals surface area contributed by atoms with Gasteiger partial charge in [-0.2, -0.15) is 0 Å². The number of nitrogens with one attached hydrogen (secondary N) is 1. The SMILES string of the molecule is CC1CCCCC1NC(=O)N(C)Cc1ccc(Cl)s1. The highest BCUT2D eigenvalue weighted by Crippen LogP contribution is 2.24. The predicted molar refractivity (Wildman–Crippen MR) is 80.7 cm³/mol. The first-order chi connectivity index (χ1) is 9.06. The zero-order valence-corrected chi connectivity index (χ0v) is 13.1. The second-order valence-electron chi connectivity index (χ2n) is 5.38. The summed E-state index contributed by atoms with van der Waals surface area (Å²) in [5.41, 5.74) is 0. The molecule has 2 rings (SSSR count). The molecule has 0 bridgehead atoms. The summed E-state index contributed by atoms with van der Waals surface area (Å²) in [4.78, 5) is 15.0. The van der Waals surface area contributed by atoms with E-state index in [0.29, 0.717) is 18.5 Å². The molecule has 0 radical (unpaired) electrons. The normalized spacial score (nSPS) is 23.1. The molecule has 5 heteroatoms.